The van der Waals surface area contributed by atoms with E-state index < -0.39 is 0 Å². The van der Waals surface area contributed by atoms with Crippen molar-refractivity contribution < 1.29 is 4.79 Å². The third-order valence-corrected chi connectivity index (χ3v) is 7.27. The molecule has 4 aliphatic carbocycles. The van der Waals surface area contributed by atoms with Crippen molar-refractivity contribution in [1.82, 2.24) is 15.1 Å². The van der Waals surface area contributed by atoms with Gasteiger partial charge in [-0.15, -0.1) is 11.6 Å². The summed E-state index contributed by atoms with van der Waals surface area (Å²) in [6.45, 7) is 0.821. The summed E-state index contributed by atoms with van der Waals surface area (Å²) in [6.07, 6.45) is 8.30. The number of fused-ring (bicyclic) bond motifs is 1. The number of halogens is 1. The van der Waals surface area contributed by atoms with Crippen molar-refractivity contribution in [2.45, 2.75) is 49.9 Å². The molecule has 1 amide bonds. The van der Waals surface area contributed by atoms with Crippen LogP contribution in [0.2, 0.25) is 0 Å². The maximum atomic E-state index is 12.6. The summed E-state index contributed by atoms with van der Waals surface area (Å²) in [5.41, 5.74) is 0.735. The minimum atomic E-state index is -0.122. The number of carbonyl (C=O) groups excluding carboxylic acids is 1. The third kappa shape index (κ3) is 3.06. The Morgan fingerprint density at radius 2 is 1.96 bits per heavy atom. The highest BCUT2D eigenvalue weighted by Crippen LogP contribution is 2.63. The number of rotatable bonds is 4. The van der Waals surface area contributed by atoms with E-state index in [1.165, 1.54) is 25.5 Å². The first-order chi connectivity index (χ1) is 12.9. The number of nitrogens with one attached hydrogen (secondary N) is 1. The van der Waals surface area contributed by atoms with Gasteiger partial charge in [0.15, 0.2) is 0 Å². The van der Waals surface area contributed by atoms with Crippen molar-refractivity contribution in [2.24, 2.45) is 17.3 Å². The van der Waals surface area contributed by atoms with Crippen LogP contribution < -0.4 is 10.7 Å². The number of carbonyl (C=O) groups is 1. The smallest absolute Gasteiger partial charge is 0.241 e. The third-order valence-electron chi connectivity index (χ3n) is 6.83. The minimum absolute atomic E-state index is 0.0364. The average Bonchev–Trinajstić information content (AvgIpc) is 2.61. The van der Waals surface area contributed by atoms with Gasteiger partial charge in [0.2, 0.25) is 11.3 Å². The molecule has 0 aliphatic heterocycles. The van der Waals surface area contributed by atoms with Crippen molar-refractivity contribution in [3.05, 3.63) is 40.7 Å². The zero-order valence-corrected chi connectivity index (χ0v) is 16.0. The summed E-state index contributed by atoms with van der Waals surface area (Å²) in [5.74, 6) is 1.39. The van der Waals surface area contributed by atoms with Crippen LogP contribution in [0, 0.1) is 17.3 Å². The fourth-order valence-corrected chi connectivity index (χ4v) is 7.03. The van der Waals surface area contributed by atoms with Gasteiger partial charge in [-0.05, 0) is 67.9 Å². The molecule has 6 heteroatoms. The van der Waals surface area contributed by atoms with E-state index in [0.717, 1.165) is 31.1 Å². The van der Waals surface area contributed by atoms with E-state index in [2.05, 4.69) is 10.4 Å². The number of nitrogens with zero attached hydrogens (tertiary/aromatic N) is 2. The lowest BCUT2D eigenvalue weighted by atomic mass is 9.49. The van der Waals surface area contributed by atoms with Crippen LogP contribution in [0.25, 0.3) is 10.9 Å². The summed E-state index contributed by atoms with van der Waals surface area (Å²) in [6, 6.07) is 7.27. The second kappa shape index (κ2) is 6.06. The first kappa shape index (κ1) is 17.2. The highest BCUT2D eigenvalue weighted by Gasteiger charge is 2.56. The monoisotopic (exact) mass is 385 g/mol. The van der Waals surface area contributed by atoms with Gasteiger partial charge >= 0.3 is 0 Å². The van der Waals surface area contributed by atoms with Crippen LogP contribution >= 0.6 is 11.6 Å². The Labute approximate surface area is 163 Å². The van der Waals surface area contributed by atoms with Gasteiger partial charge in [-0.1, -0.05) is 12.1 Å². The van der Waals surface area contributed by atoms with Gasteiger partial charge in [0.1, 0.15) is 6.54 Å². The van der Waals surface area contributed by atoms with Crippen LogP contribution in [0.4, 0.5) is 0 Å². The molecule has 0 saturated heterocycles. The number of benzene rings is 1. The Hall–Kier alpha value is -1.88. The fourth-order valence-electron chi connectivity index (χ4n) is 6.31. The van der Waals surface area contributed by atoms with E-state index in [1.807, 2.05) is 18.2 Å². The van der Waals surface area contributed by atoms with E-state index in [1.54, 1.807) is 10.7 Å². The van der Waals surface area contributed by atoms with E-state index in [0.29, 0.717) is 17.4 Å². The molecule has 0 unspecified atom stereocenters. The van der Waals surface area contributed by atoms with Crippen LogP contribution in [0.1, 0.15) is 38.5 Å². The largest absolute Gasteiger partial charge is 0.354 e. The maximum absolute atomic E-state index is 12.6. The molecular formula is C21H24ClN3O2. The second-order valence-corrected chi connectivity index (χ2v) is 9.87. The van der Waals surface area contributed by atoms with Crippen LogP contribution in [0.15, 0.2) is 35.3 Å². The first-order valence-electron chi connectivity index (χ1n) is 9.84. The van der Waals surface area contributed by atoms with E-state index in [4.69, 9.17) is 11.6 Å². The molecule has 4 bridgehead atoms. The molecule has 5 nitrogen and oxygen atoms in total. The molecule has 27 heavy (non-hydrogen) atoms. The lowest BCUT2D eigenvalue weighted by molar-refractivity contribution is -0.123. The number of alkyl halides is 1. The fraction of sp³-hybridized carbons (Fsp3) is 0.571. The molecule has 1 heterocycles. The van der Waals surface area contributed by atoms with Crippen molar-refractivity contribution in [3.63, 3.8) is 0 Å². The van der Waals surface area contributed by atoms with Crippen molar-refractivity contribution >= 4 is 28.4 Å². The van der Waals surface area contributed by atoms with Crippen LogP contribution in [0.3, 0.4) is 0 Å². The molecule has 2 aromatic rings. The van der Waals surface area contributed by atoms with Gasteiger partial charge in [-0.3, -0.25) is 14.3 Å². The van der Waals surface area contributed by atoms with Gasteiger partial charge in [0.25, 0.3) is 0 Å². The molecule has 1 aromatic carbocycles. The van der Waals surface area contributed by atoms with Gasteiger partial charge < -0.3 is 5.32 Å². The molecule has 4 saturated carbocycles. The van der Waals surface area contributed by atoms with Crippen molar-refractivity contribution in [2.75, 3.05) is 6.54 Å². The number of aromatic nitrogens is 2. The van der Waals surface area contributed by atoms with Crippen LogP contribution in [0.5, 0.6) is 0 Å². The molecule has 142 valence electrons. The molecule has 0 spiro atoms. The van der Waals surface area contributed by atoms with Crippen molar-refractivity contribution in [1.29, 1.82) is 0 Å². The Morgan fingerprint density at radius 3 is 2.70 bits per heavy atom. The Bertz CT molecular complexity index is 955. The van der Waals surface area contributed by atoms with E-state index in [-0.39, 0.29) is 28.2 Å². The predicted octanol–water partition coefficient (Wildman–Crippen LogP) is 3.09. The number of para-hydroxylation sites is 1. The maximum Gasteiger partial charge on any atom is 0.241 e. The summed E-state index contributed by atoms with van der Waals surface area (Å²) in [5, 5.41) is 7.89. The Kier molecular flexibility index (Phi) is 3.87. The van der Waals surface area contributed by atoms with Gasteiger partial charge in [-0.25, -0.2) is 0 Å². The Balaban J connectivity index is 1.30. The Morgan fingerprint density at radius 1 is 1.22 bits per heavy atom. The number of hydrogen-bond acceptors (Lipinski definition) is 3. The molecule has 6 rings (SSSR count). The van der Waals surface area contributed by atoms with Gasteiger partial charge in [0.05, 0.1) is 11.7 Å². The quantitative estimate of drug-likeness (QED) is 0.822. The molecule has 1 aromatic heterocycles. The van der Waals surface area contributed by atoms with E-state index >= 15 is 0 Å². The number of amides is 1. The first-order valence-corrected chi connectivity index (χ1v) is 10.2. The lowest BCUT2D eigenvalue weighted by Gasteiger charge is -2.60. The summed E-state index contributed by atoms with van der Waals surface area (Å²) >= 11 is 6.89. The normalized spacial score (nSPS) is 34.1. The SMILES string of the molecule is O=C(Cn1ncc(=O)c2ccccc21)NCC12C[C@H]3C[C@@H](CC(Cl)(C3)C1)C2. The predicted molar refractivity (Wildman–Crippen MR) is 105 cm³/mol. The van der Waals surface area contributed by atoms with Gasteiger partial charge in [0, 0.05) is 16.8 Å². The van der Waals surface area contributed by atoms with E-state index in [9.17, 15) is 9.59 Å². The highest BCUT2D eigenvalue weighted by molar-refractivity contribution is 6.24. The molecule has 1 N–H and O–H groups in total. The molecule has 4 aliphatic rings. The summed E-state index contributed by atoms with van der Waals surface area (Å²) < 4.78 is 1.61. The van der Waals surface area contributed by atoms with Crippen molar-refractivity contribution in [3.8, 4) is 0 Å². The molecule has 2 atom stereocenters. The zero-order chi connectivity index (χ0) is 18.6. The number of hydrogen-bond donors (Lipinski definition) is 1. The van der Waals surface area contributed by atoms with Gasteiger partial charge in [-0.2, -0.15) is 5.10 Å². The van der Waals surface area contributed by atoms with Crippen LogP contribution in [-0.2, 0) is 11.3 Å². The summed E-state index contributed by atoms with van der Waals surface area (Å²) in [4.78, 5) is 24.5. The highest BCUT2D eigenvalue weighted by atomic mass is 35.5. The topological polar surface area (TPSA) is 64.0 Å². The average molecular weight is 386 g/mol. The minimum Gasteiger partial charge on any atom is -0.354 e. The standard InChI is InChI=1S/C21H24ClN3O2/c22-21-8-14-5-15(9-21)7-20(6-14,12-21)13-23-19(27)11-25-17-4-2-1-3-16(17)18(26)10-24-25/h1-4,10,14-15H,5-9,11-13H2,(H,23,27)/t14-,15-,20?,21?/m1/s1. The second-order valence-electron chi connectivity index (χ2n) is 9.07. The molecular weight excluding hydrogens is 362 g/mol. The zero-order valence-electron chi connectivity index (χ0n) is 15.3. The summed E-state index contributed by atoms with van der Waals surface area (Å²) in [7, 11) is 0. The molecule has 4 fully saturated rings. The molecule has 0 radical (unpaired) electrons. The lowest BCUT2D eigenvalue weighted by Crippen LogP contribution is -2.56. The van der Waals surface area contributed by atoms with Crippen LogP contribution in [-0.4, -0.2) is 27.1 Å².